The fourth-order valence-corrected chi connectivity index (χ4v) is 1.79. The van der Waals surface area contributed by atoms with Crippen LogP contribution in [0.5, 0.6) is 5.75 Å². The average molecular weight is 302 g/mol. The summed E-state index contributed by atoms with van der Waals surface area (Å²) >= 11 is 0. The molecule has 0 aliphatic carbocycles. The van der Waals surface area contributed by atoms with Crippen LogP contribution >= 0.6 is 0 Å². The average Bonchev–Trinajstić information content (AvgIpc) is 2.54. The highest BCUT2D eigenvalue weighted by Crippen LogP contribution is 2.19. The zero-order chi connectivity index (χ0) is 15.9. The van der Waals surface area contributed by atoms with E-state index in [0.29, 0.717) is 6.42 Å². The van der Waals surface area contributed by atoms with Crippen molar-refractivity contribution in [3.8, 4) is 5.75 Å². The van der Waals surface area contributed by atoms with Crippen molar-refractivity contribution in [3.05, 3.63) is 65.5 Å². The highest BCUT2D eigenvalue weighted by atomic mass is 19.1. The van der Waals surface area contributed by atoms with Gasteiger partial charge < -0.3 is 9.47 Å². The minimum atomic E-state index is -0.811. The van der Waals surface area contributed by atoms with Gasteiger partial charge in [0.2, 0.25) is 0 Å². The minimum Gasteiger partial charge on any atom is -0.462 e. The summed E-state index contributed by atoms with van der Waals surface area (Å²) in [6.45, 7) is 2.13. The number of rotatable bonds is 5. The summed E-state index contributed by atoms with van der Waals surface area (Å²) in [6.07, 6.45) is 0.674. The molecule has 0 bridgehead atoms. The highest BCUT2D eigenvalue weighted by Gasteiger charge is 2.20. The van der Waals surface area contributed by atoms with E-state index >= 15 is 0 Å². The molecule has 0 unspecified atom stereocenters. The fourth-order valence-electron chi connectivity index (χ4n) is 1.79. The van der Waals surface area contributed by atoms with Gasteiger partial charge in [-0.3, -0.25) is 0 Å². The number of carbonyl (C=O) groups excluding carboxylic acids is 2. The third kappa shape index (κ3) is 3.69. The van der Waals surface area contributed by atoms with Crippen molar-refractivity contribution < 1.29 is 23.5 Å². The molecule has 4 nitrogen and oxygen atoms in total. The first-order chi connectivity index (χ1) is 10.6. The predicted octanol–water partition coefficient (Wildman–Crippen LogP) is 3.61. The molecule has 2 rings (SSSR count). The number of carbonyl (C=O) groups is 2. The summed E-state index contributed by atoms with van der Waals surface area (Å²) in [7, 11) is 0. The molecule has 2 aromatic rings. The minimum absolute atomic E-state index is 0.0341. The lowest BCUT2D eigenvalue weighted by Crippen LogP contribution is -2.16. The Kier molecular flexibility index (Phi) is 5.25. The SMILES string of the molecule is CCCOC(=O)c1ccccc1C(=O)Oc1ccccc1F. The van der Waals surface area contributed by atoms with Gasteiger partial charge in [-0.05, 0) is 30.7 Å². The molecule has 0 fully saturated rings. The Balaban J connectivity index is 2.23. The van der Waals surface area contributed by atoms with E-state index in [9.17, 15) is 14.0 Å². The van der Waals surface area contributed by atoms with Crippen LogP contribution < -0.4 is 4.74 Å². The van der Waals surface area contributed by atoms with Gasteiger partial charge in [0.15, 0.2) is 11.6 Å². The van der Waals surface area contributed by atoms with Gasteiger partial charge >= 0.3 is 11.9 Å². The molecule has 5 heteroatoms. The summed E-state index contributed by atoms with van der Waals surface area (Å²) < 4.78 is 23.5. The van der Waals surface area contributed by atoms with Gasteiger partial charge in [0.05, 0.1) is 17.7 Å². The Morgan fingerprint density at radius 2 is 1.55 bits per heavy atom. The van der Waals surface area contributed by atoms with Crippen molar-refractivity contribution in [2.24, 2.45) is 0 Å². The molecule has 0 atom stereocenters. The number of hydrogen-bond acceptors (Lipinski definition) is 4. The lowest BCUT2D eigenvalue weighted by molar-refractivity contribution is 0.0496. The van der Waals surface area contributed by atoms with Crippen molar-refractivity contribution in [2.45, 2.75) is 13.3 Å². The number of benzene rings is 2. The normalized spacial score (nSPS) is 10.1. The summed E-state index contributed by atoms with van der Waals surface area (Å²) in [5.41, 5.74) is 0.129. The van der Waals surface area contributed by atoms with Gasteiger partial charge in [0.1, 0.15) is 0 Å². The van der Waals surface area contributed by atoms with Crippen LogP contribution in [-0.4, -0.2) is 18.5 Å². The van der Waals surface area contributed by atoms with Crippen LogP contribution in [0.15, 0.2) is 48.5 Å². The van der Waals surface area contributed by atoms with Crippen molar-refractivity contribution in [3.63, 3.8) is 0 Å². The first kappa shape index (κ1) is 15.7. The number of esters is 2. The first-order valence-electron chi connectivity index (χ1n) is 6.86. The smallest absolute Gasteiger partial charge is 0.344 e. The van der Waals surface area contributed by atoms with Gasteiger partial charge in [0, 0.05) is 0 Å². The van der Waals surface area contributed by atoms with Gasteiger partial charge in [-0.15, -0.1) is 0 Å². The topological polar surface area (TPSA) is 52.6 Å². The van der Waals surface area contributed by atoms with E-state index in [1.807, 2.05) is 6.92 Å². The second-order valence-electron chi connectivity index (χ2n) is 4.50. The van der Waals surface area contributed by atoms with E-state index in [4.69, 9.17) is 9.47 Å². The van der Waals surface area contributed by atoms with Crippen molar-refractivity contribution in [1.82, 2.24) is 0 Å². The molecule has 0 aliphatic heterocycles. The van der Waals surface area contributed by atoms with Crippen LogP contribution in [0, 0.1) is 5.82 Å². The molecule has 0 N–H and O–H groups in total. The second-order valence-corrected chi connectivity index (χ2v) is 4.50. The standard InChI is InChI=1S/C17H15FO4/c1-2-11-21-16(19)12-7-3-4-8-13(12)17(20)22-15-10-6-5-9-14(15)18/h3-10H,2,11H2,1H3. The highest BCUT2D eigenvalue weighted by molar-refractivity contribution is 6.03. The number of hydrogen-bond donors (Lipinski definition) is 0. The Labute approximate surface area is 127 Å². The third-order valence-electron chi connectivity index (χ3n) is 2.84. The van der Waals surface area contributed by atoms with Gasteiger partial charge in [0.25, 0.3) is 0 Å². The van der Waals surface area contributed by atoms with E-state index in [2.05, 4.69) is 0 Å². The Morgan fingerprint density at radius 3 is 2.18 bits per heavy atom. The molecule has 0 radical (unpaired) electrons. The first-order valence-corrected chi connectivity index (χ1v) is 6.86. The monoisotopic (exact) mass is 302 g/mol. The number of para-hydroxylation sites is 1. The van der Waals surface area contributed by atoms with Gasteiger partial charge in [-0.1, -0.05) is 31.2 Å². The molecule has 22 heavy (non-hydrogen) atoms. The van der Waals surface area contributed by atoms with E-state index in [0.717, 1.165) is 0 Å². The molecule has 0 saturated carbocycles. The Bertz CT molecular complexity index is 682. The summed E-state index contributed by atoms with van der Waals surface area (Å²) in [5.74, 6) is -2.26. The molecule has 0 aliphatic rings. The van der Waals surface area contributed by atoms with E-state index in [1.54, 1.807) is 18.2 Å². The number of halogens is 1. The summed E-state index contributed by atoms with van der Waals surface area (Å²) in [4.78, 5) is 24.1. The molecular weight excluding hydrogens is 287 g/mol. The van der Waals surface area contributed by atoms with Gasteiger partial charge in [-0.2, -0.15) is 0 Å². The van der Waals surface area contributed by atoms with Gasteiger partial charge in [-0.25, -0.2) is 14.0 Å². The molecule has 114 valence electrons. The zero-order valence-corrected chi connectivity index (χ0v) is 12.0. The molecule has 0 saturated heterocycles. The molecular formula is C17H15FO4. The van der Waals surface area contributed by atoms with Crippen LogP contribution in [0.2, 0.25) is 0 Å². The lowest BCUT2D eigenvalue weighted by atomic mass is 10.1. The molecule has 0 amide bonds. The Morgan fingerprint density at radius 1 is 0.955 bits per heavy atom. The lowest BCUT2D eigenvalue weighted by Gasteiger charge is -2.09. The molecule has 0 aromatic heterocycles. The number of ether oxygens (including phenoxy) is 2. The zero-order valence-electron chi connectivity index (χ0n) is 12.0. The van der Waals surface area contributed by atoms with Crippen molar-refractivity contribution in [2.75, 3.05) is 6.61 Å². The van der Waals surface area contributed by atoms with Crippen LogP contribution in [-0.2, 0) is 4.74 Å². The molecule has 0 heterocycles. The second kappa shape index (κ2) is 7.36. The summed E-state index contributed by atoms with van der Waals surface area (Å²) in [5, 5.41) is 0. The maximum atomic E-state index is 13.5. The summed E-state index contributed by atoms with van der Waals surface area (Å²) in [6, 6.07) is 11.7. The van der Waals surface area contributed by atoms with Crippen molar-refractivity contribution >= 4 is 11.9 Å². The molecule has 2 aromatic carbocycles. The fraction of sp³-hybridized carbons (Fsp3) is 0.176. The van der Waals surface area contributed by atoms with E-state index < -0.39 is 17.8 Å². The van der Waals surface area contributed by atoms with Crippen LogP contribution in [0.1, 0.15) is 34.1 Å². The van der Waals surface area contributed by atoms with Crippen LogP contribution in [0.25, 0.3) is 0 Å². The van der Waals surface area contributed by atoms with E-state index in [1.165, 1.54) is 30.3 Å². The quantitative estimate of drug-likeness (QED) is 0.625. The molecule has 0 spiro atoms. The third-order valence-corrected chi connectivity index (χ3v) is 2.84. The van der Waals surface area contributed by atoms with E-state index in [-0.39, 0.29) is 23.5 Å². The maximum Gasteiger partial charge on any atom is 0.344 e. The van der Waals surface area contributed by atoms with Crippen LogP contribution in [0.4, 0.5) is 4.39 Å². The van der Waals surface area contributed by atoms with Crippen LogP contribution in [0.3, 0.4) is 0 Å². The Hall–Kier alpha value is -2.69. The maximum absolute atomic E-state index is 13.5. The largest absolute Gasteiger partial charge is 0.462 e. The predicted molar refractivity (Wildman–Crippen MR) is 78.4 cm³/mol. The van der Waals surface area contributed by atoms with Crippen molar-refractivity contribution in [1.29, 1.82) is 0 Å².